The molecule has 140 valence electrons. The van der Waals surface area contributed by atoms with Gasteiger partial charge in [0.15, 0.2) is 5.82 Å². The van der Waals surface area contributed by atoms with Crippen molar-refractivity contribution in [3.63, 3.8) is 0 Å². The van der Waals surface area contributed by atoms with E-state index in [-0.39, 0.29) is 30.7 Å². The molecule has 0 aliphatic heterocycles. The van der Waals surface area contributed by atoms with Crippen LogP contribution in [0.3, 0.4) is 0 Å². The summed E-state index contributed by atoms with van der Waals surface area (Å²) in [6.45, 7) is 0.204. The zero-order valence-electron chi connectivity index (χ0n) is 14.8. The number of para-hydroxylation sites is 3. The third-order valence-electron chi connectivity index (χ3n) is 3.98. The first kappa shape index (κ1) is 17.4. The fourth-order valence-corrected chi connectivity index (χ4v) is 2.68. The number of carbonyl (C=O) groups excluding carboxylic acids is 2. The molecule has 2 aromatic carbocycles. The highest BCUT2D eigenvalue weighted by atomic mass is 16.2. The fourth-order valence-electron chi connectivity index (χ4n) is 2.68. The van der Waals surface area contributed by atoms with Gasteiger partial charge in [-0.1, -0.05) is 35.5 Å². The van der Waals surface area contributed by atoms with E-state index in [0.29, 0.717) is 11.4 Å². The fraction of sp³-hybridized carbons (Fsp3) is 0.105. The van der Waals surface area contributed by atoms with Gasteiger partial charge in [0.2, 0.25) is 5.91 Å². The molecule has 9 heteroatoms. The number of fused-ring (bicyclic) bond motifs is 1. The molecule has 0 atom stereocenters. The van der Waals surface area contributed by atoms with Crippen LogP contribution in [-0.2, 0) is 17.9 Å². The molecular formula is C19H17N7O2. The van der Waals surface area contributed by atoms with Crippen LogP contribution in [0.25, 0.3) is 11.0 Å². The number of aromatic nitrogens is 5. The lowest BCUT2D eigenvalue weighted by atomic mass is 10.3. The van der Waals surface area contributed by atoms with Crippen molar-refractivity contribution in [1.82, 2.24) is 30.3 Å². The Bertz CT molecular complexity index is 1080. The minimum absolute atomic E-state index is 0.0272. The van der Waals surface area contributed by atoms with Crippen LogP contribution in [0.1, 0.15) is 16.3 Å². The van der Waals surface area contributed by atoms with Crippen LogP contribution in [0, 0.1) is 0 Å². The van der Waals surface area contributed by atoms with E-state index in [9.17, 15) is 9.59 Å². The van der Waals surface area contributed by atoms with Crippen molar-refractivity contribution >= 4 is 28.5 Å². The number of imidazole rings is 1. The van der Waals surface area contributed by atoms with E-state index in [1.807, 2.05) is 42.5 Å². The average molecular weight is 375 g/mol. The highest BCUT2D eigenvalue weighted by molar-refractivity contribution is 5.94. The number of amides is 2. The predicted molar refractivity (Wildman–Crippen MR) is 102 cm³/mol. The smallest absolute Gasteiger partial charge is 0.287 e. The van der Waals surface area contributed by atoms with E-state index >= 15 is 0 Å². The first-order chi connectivity index (χ1) is 13.7. The largest absolute Gasteiger partial charge is 0.344 e. The molecule has 0 radical (unpaired) electrons. The van der Waals surface area contributed by atoms with Crippen molar-refractivity contribution < 1.29 is 9.59 Å². The Kier molecular flexibility index (Phi) is 4.79. The second-order valence-electron chi connectivity index (χ2n) is 6.11. The zero-order valence-corrected chi connectivity index (χ0v) is 14.8. The number of carbonyl (C=O) groups is 2. The van der Waals surface area contributed by atoms with Crippen molar-refractivity contribution in [1.29, 1.82) is 0 Å². The molecule has 0 aliphatic rings. The van der Waals surface area contributed by atoms with Crippen molar-refractivity contribution in [2.24, 2.45) is 0 Å². The number of aromatic amines is 1. The van der Waals surface area contributed by atoms with Crippen LogP contribution >= 0.6 is 0 Å². The van der Waals surface area contributed by atoms with Crippen molar-refractivity contribution in [3.05, 3.63) is 72.3 Å². The van der Waals surface area contributed by atoms with E-state index in [4.69, 9.17) is 0 Å². The van der Waals surface area contributed by atoms with Gasteiger partial charge in [-0.15, -0.1) is 5.10 Å². The number of nitrogens with zero attached hydrogens (tertiary/aromatic N) is 4. The quantitative estimate of drug-likeness (QED) is 0.474. The van der Waals surface area contributed by atoms with Crippen LogP contribution in [0.15, 0.2) is 60.8 Å². The third-order valence-corrected chi connectivity index (χ3v) is 3.98. The van der Waals surface area contributed by atoms with E-state index < -0.39 is 0 Å². The first-order valence-electron chi connectivity index (χ1n) is 8.64. The number of anilines is 1. The van der Waals surface area contributed by atoms with Gasteiger partial charge in [0, 0.05) is 5.69 Å². The number of benzene rings is 2. The molecule has 3 N–H and O–H groups in total. The summed E-state index contributed by atoms with van der Waals surface area (Å²) >= 11 is 0. The van der Waals surface area contributed by atoms with Crippen LogP contribution in [0.2, 0.25) is 0 Å². The molecule has 9 nitrogen and oxygen atoms in total. The number of nitrogens with one attached hydrogen (secondary N) is 3. The van der Waals surface area contributed by atoms with Gasteiger partial charge in [-0.25, -0.2) is 9.67 Å². The maximum atomic E-state index is 12.3. The normalized spacial score (nSPS) is 10.7. The van der Waals surface area contributed by atoms with Gasteiger partial charge in [0.25, 0.3) is 5.91 Å². The highest BCUT2D eigenvalue weighted by Crippen LogP contribution is 2.10. The zero-order chi connectivity index (χ0) is 19.3. The maximum absolute atomic E-state index is 12.3. The van der Waals surface area contributed by atoms with E-state index in [2.05, 4.69) is 30.9 Å². The second-order valence-corrected chi connectivity index (χ2v) is 6.11. The molecule has 0 unspecified atom stereocenters. The lowest BCUT2D eigenvalue weighted by Crippen LogP contribution is -2.24. The number of hydrogen-bond donors (Lipinski definition) is 3. The number of hydrogen-bond acceptors (Lipinski definition) is 5. The van der Waals surface area contributed by atoms with Crippen molar-refractivity contribution in [2.75, 3.05) is 5.32 Å². The van der Waals surface area contributed by atoms with Crippen molar-refractivity contribution in [3.8, 4) is 0 Å². The summed E-state index contributed by atoms with van der Waals surface area (Å²) in [4.78, 5) is 31.5. The first-order valence-corrected chi connectivity index (χ1v) is 8.64. The van der Waals surface area contributed by atoms with Gasteiger partial charge in [-0.2, -0.15) is 0 Å². The molecule has 0 saturated carbocycles. The predicted octanol–water partition coefficient (Wildman–Crippen LogP) is 1.72. The van der Waals surface area contributed by atoms with E-state index in [1.165, 1.54) is 4.68 Å². The van der Waals surface area contributed by atoms with Crippen LogP contribution in [0.4, 0.5) is 5.69 Å². The molecule has 28 heavy (non-hydrogen) atoms. The Morgan fingerprint density at radius 1 is 1.04 bits per heavy atom. The minimum atomic E-state index is -0.340. The topological polar surface area (TPSA) is 118 Å². The van der Waals surface area contributed by atoms with Gasteiger partial charge in [-0.05, 0) is 24.3 Å². The SMILES string of the molecule is O=C(Cn1cc(CNC(=O)c2nc3ccccc3[nH]2)nn1)Nc1ccccc1. The Morgan fingerprint density at radius 3 is 2.64 bits per heavy atom. The van der Waals surface area contributed by atoms with Gasteiger partial charge in [-0.3, -0.25) is 9.59 Å². The Morgan fingerprint density at radius 2 is 1.82 bits per heavy atom. The number of rotatable bonds is 6. The van der Waals surface area contributed by atoms with Crippen molar-refractivity contribution in [2.45, 2.75) is 13.1 Å². The molecule has 2 aromatic heterocycles. The van der Waals surface area contributed by atoms with Gasteiger partial charge in [0.05, 0.1) is 23.8 Å². The summed E-state index contributed by atoms with van der Waals surface area (Å²) in [7, 11) is 0. The molecule has 4 rings (SSSR count). The summed E-state index contributed by atoms with van der Waals surface area (Å²) in [5.41, 5.74) is 2.77. The molecule has 0 fully saturated rings. The Labute approximate surface area is 159 Å². The lowest BCUT2D eigenvalue weighted by molar-refractivity contribution is -0.116. The Balaban J connectivity index is 1.32. The van der Waals surface area contributed by atoms with Crippen LogP contribution in [-0.4, -0.2) is 36.8 Å². The van der Waals surface area contributed by atoms with Crippen LogP contribution in [0.5, 0.6) is 0 Å². The van der Waals surface area contributed by atoms with E-state index in [0.717, 1.165) is 11.0 Å². The van der Waals surface area contributed by atoms with Gasteiger partial charge in [0.1, 0.15) is 12.2 Å². The average Bonchev–Trinajstić information content (AvgIpc) is 3.33. The molecule has 0 aliphatic carbocycles. The second kappa shape index (κ2) is 7.70. The van der Waals surface area contributed by atoms with Crippen LogP contribution < -0.4 is 10.6 Å². The minimum Gasteiger partial charge on any atom is -0.344 e. The molecule has 2 heterocycles. The standard InChI is InChI=1S/C19H17N7O2/c27-17(21-13-6-2-1-3-7-13)12-26-11-14(24-25-26)10-20-19(28)18-22-15-8-4-5-9-16(15)23-18/h1-9,11H,10,12H2,(H,20,28)(H,21,27)(H,22,23). The maximum Gasteiger partial charge on any atom is 0.287 e. The molecule has 0 saturated heterocycles. The summed E-state index contributed by atoms with van der Waals surface area (Å²) in [5.74, 6) is -0.322. The molecule has 0 spiro atoms. The monoisotopic (exact) mass is 375 g/mol. The summed E-state index contributed by atoms with van der Waals surface area (Å²) in [6.07, 6.45) is 1.61. The highest BCUT2D eigenvalue weighted by Gasteiger charge is 2.12. The van der Waals surface area contributed by atoms with E-state index in [1.54, 1.807) is 18.3 Å². The third kappa shape index (κ3) is 4.04. The van der Waals surface area contributed by atoms with Gasteiger partial charge < -0.3 is 15.6 Å². The molecule has 0 bridgehead atoms. The molecule has 4 aromatic rings. The number of H-pyrrole nitrogens is 1. The molecular weight excluding hydrogens is 358 g/mol. The summed E-state index contributed by atoms with van der Waals surface area (Å²) in [5, 5.41) is 13.4. The molecule has 2 amide bonds. The summed E-state index contributed by atoms with van der Waals surface area (Å²) in [6, 6.07) is 16.6. The lowest BCUT2D eigenvalue weighted by Gasteiger charge is -2.04. The Hall–Kier alpha value is -4.01. The van der Waals surface area contributed by atoms with Gasteiger partial charge >= 0.3 is 0 Å². The summed E-state index contributed by atoms with van der Waals surface area (Å²) < 4.78 is 1.42.